The van der Waals surface area contributed by atoms with Gasteiger partial charge in [-0.05, 0) is 56.9 Å². The third-order valence-electron chi connectivity index (χ3n) is 5.01. The maximum absolute atomic E-state index is 12.6. The lowest BCUT2D eigenvalue weighted by atomic mass is 9.88. The summed E-state index contributed by atoms with van der Waals surface area (Å²) < 4.78 is 5.55. The van der Waals surface area contributed by atoms with E-state index in [4.69, 9.17) is 4.74 Å². The highest BCUT2D eigenvalue weighted by molar-refractivity contribution is 5.96. The van der Waals surface area contributed by atoms with E-state index < -0.39 is 17.9 Å². The molecule has 160 valence electrons. The fourth-order valence-electron chi connectivity index (χ4n) is 3.40. The Morgan fingerprint density at radius 1 is 0.931 bits per heavy atom. The van der Waals surface area contributed by atoms with Crippen LogP contribution in [0.1, 0.15) is 70.2 Å². The fraction of sp³-hybridized carbons (Fsp3) is 0.591. The number of carbonyl (C=O) groups excluding carboxylic acids is 3. The molecule has 1 fully saturated rings. The Labute approximate surface area is 172 Å². The van der Waals surface area contributed by atoms with Gasteiger partial charge in [0.15, 0.2) is 0 Å². The summed E-state index contributed by atoms with van der Waals surface area (Å²) in [5.74, 6) is -0.407. The van der Waals surface area contributed by atoms with Gasteiger partial charge in [-0.15, -0.1) is 0 Å². The molecule has 7 heteroatoms. The molecule has 3 amide bonds. The molecule has 7 nitrogen and oxygen atoms in total. The summed E-state index contributed by atoms with van der Waals surface area (Å²) >= 11 is 0. The Morgan fingerprint density at radius 3 is 2.10 bits per heavy atom. The zero-order valence-corrected chi connectivity index (χ0v) is 17.8. The van der Waals surface area contributed by atoms with Gasteiger partial charge in [0.05, 0.1) is 6.10 Å². The van der Waals surface area contributed by atoms with Crippen molar-refractivity contribution in [2.45, 2.75) is 71.9 Å². The molecule has 1 aromatic rings. The summed E-state index contributed by atoms with van der Waals surface area (Å²) in [6.07, 6.45) is 5.04. The van der Waals surface area contributed by atoms with Crippen molar-refractivity contribution in [3.05, 3.63) is 29.8 Å². The molecule has 29 heavy (non-hydrogen) atoms. The van der Waals surface area contributed by atoms with Gasteiger partial charge in [0.2, 0.25) is 5.91 Å². The molecular formula is C22H33N3O4. The molecule has 0 bridgehead atoms. The Bertz CT molecular complexity index is 695. The van der Waals surface area contributed by atoms with Gasteiger partial charge in [-0.25, -0.2) is 0 Å². The van der Waals surface area contributed by atoms with Gasteiger partial charge in [-0.2, -0.15) is 0 Å². The van der Waals surface area contributed by atoms with Crippen LogP contribution in [0.15, 0.2) is 24.3 Å². The van der Waals surface area contributed by atoms with Gasteiger partial charge in [0.25, 0.3) is 11.8 Å². The first kappa shape index (κ1) is 22.7. The van der Waals surface area contributed by atoms with E-state index in [0.717, 1.165) is 32.1 Å². The zero-order valence-electron chi connectivity index (χ0n) is 17.8. The maximum Gasteiger partial charge on any atom is 0.269 e. The second kappa shape index (κ2) is 10.8. The van der Waals surface area contributed by atoms with Crippen LogP contribution in [0.5, 0.6) is 5.75 Å². The number of hydrogen-bond donors (Lipinski definition) is 3. The molecule has 1 aliphatic carbocycles. The van der Waals surface area contributed by atoms with Crippen LogP contribution in [0.4, 0.5) is 0 Å². The predicted octanol–water partition coefficient (Wildman–Crippen LogP) is 2.96. The van der Waals surface area contributed by atoms with E-state index in [2.05, 4.69) is 16.2 Å². The lowest BCUT2D eigenvalue weighted by molar-refractivity contribution is -0.133. The van der Waals surface area contributed by atoms with Crippen molar-refractivity contribution in [1.29, 1.82) is 0 Å². The third kappa shape index (κ3) is 7.07. The summed E-state index contributed by atoms with van der Waals surface area (Å²) in [4.78, 5) is 37.3. The molecule has 0 radical (unpaired) electrons. The van der Waals surface area contributed by atoms with Crippen molar-refractivity contribution in [3.63, 3.8) is 0 Å². The second-order valence-corrected chi connectivity index (χ2v) is 8.20. The number of ether oxygens (including phenoxy) is 1. The van der Waals surface area contributed by atoms with Gasteiger partial charge in [0, 0.05) is 11.5 Å². The van der Waals surface area contributed by atoms with Crippen LogP contribution >= 0.6 is 0 Å². The van der Waals surface area contributed by atoms with Crippen LogP contribution in [0.2, 0.25) is 0 Å². The lowest BCUT2D eigenvalue weighted by Gasteiger charge is -2.26. The second-order valence-electron chi connectivity index (χ2n) is 8.20. The third-order valence-corrected chi connectivity index (χ3v) is 5.01. The van der Waals surface area contributed by atoms with Crippen LogP contribution in [-0.4, -0.2) is 29.9 Å². The molecule has 0 aliphatic heterocycles. The van der Waals surface area contributed by atoms with Crippen LogP contribution in [0.25, 0.3) is 0 Å². The van der Waals surface area contributed by atoms with Crippen LogP contribution in [-0.2, 0) is 9.59 Å². The summed E-state index contributed by atoms with van der Waals surface area (Å²) in [7, 11) is 0. The number of hydrogen-bond acceptors (Lipinski definition) is 4. The van der Waals surface area contributed by atoms with E-state index in [-0.39, 0.29) is 23.8 Å². The Hall–Kier alpha value is -2.57. The monoisotopic (exact) mass is 403 g/mol. The molecular weight excluding hydrogens is 370 g/mol. The first-order chi connectivity index (χ1) is 13.8. The van der Waals surface area contributed by atoms with E-state index in [9.17, 15) is 14.4 Å². The fourth-order valence-corrected chi connectivity index (χ4v) is 3.40. The van der Waals surface area contributed by atoms with Crippen molar-refractivity contribution >= 4 is 17.7 Å². The Balaban J connectivity index is 1.88. The molecule has 0 unspecified atom stereocenters. The highest BCUT2D eigenvalue weighted by Gasteiger charge is 2.28. The molecule has 0 spiro atoms. The van der Waals surface area contributed by atoms with Crippen molar-refractivity contribution < 1.29 is 19.1 Å². The molecule has 2 rings (SSSR count). The maximum atomic E-state index is 12.6. The normalized spacial score (nSPS) is 15.7. The molecule has 0 aromatic heterocycles. The minimum atomic E-state index is -0.702. The number of benzene rings is 1. The number of carbonyl (C=O) groups is 3. The van der Waals surface area contributed by atoms with Gasteiger partial charge in [0.1, 0.15) is 11.8 Å². The van der Waals surface area contributed by atoms with E-state index >= 15 is 0 Å². The highest BCUT2D eigenvalue weighted by atomic mass is 16.5. The lowest BCUT2D eigenvalue weighted by Crippen LogP contribution is -2.55. The number of amides is 3. The van der Waals surface area contributed by atoms with E-state index in [0.29, 0.717) is 11.3 Å². The number of hydrazine groups is 1. The SMILES string of the molecule is CC(C)Oc1ccc(C(=O)NNC(=O)[C@@H](NC(=O)C2CCCCC2)C(C)C)cc1. The van der Waals surface area contributed by atoms with Gasteiger partial charge >= 0.3 is 0 Å². The van der Waals surface area contributed by atoms with Crippen LogP contribution in [0.3, 0.4) is 0 Å². The van der Waals surface area contributed by atoms with E-state index in [1.807, 2.05) is 27.7 Å². The average Bonchev–Trinajstić information content (AvgIpc) is 2.70. The summed E-state index contributed by atoms with van der Waals surface area (Å²) in [6.45, 7) is 7.57. The molecule has 3 N–H and O–H groups in total. The smallest absolute Gasteiger partial charge is 0.269 e. The molecule has 0 saturated heterocycles. The average molecular weight is 404 g/mol. The molecule has 1 atom stereocenters. The summed E-state index contributed by atoms with van der Waals surface area (Å²) in [5, 5.41) is 2.86. The van der Waals surface area contributed by atoms with Crippen LogP contribution < -0.4 is 20.9 Å². The minimum absolute atomic E-state index is 0.0287. The Kier molecular flexibility index (Phi) is 8.49. The zero-order chi connectivity index (χ0) is 21.4. The van der Waals surface area contributed by atoms with Gasteiger partial charge in [-0.1, -0.05) is 33.1 Å². The van der Waals surface area contributed by atoms with Crippen molar-refractivity contribution in [1.82, 2.24) is 16.2 Å². The van der Waals surface area contributed by atoms with Crippen LogP contribution in [0, 0.1) is 11.8 Å². The van der Waals surface area contributed by atoms with E-state index in [1.54, 1.807) is 24.3 Å². The van der Waals surface area contributed by atoms with Gasteiger partial charge < -0.3 is 10.1 Å². The topological polar surface area (TPSA) is 96.5 Å². The highest BCUT2D eigenvalue weighted by Crippen LogP contribution is 2.24. The summed E-state index contributed by atoms with van der Waals surface area (Å²) in [6, 6.07) is 5.97. The largest absolute Gasteiger partial charge is 0.491 e. The molecule has 1 aliphatic rings. The van der Waals surface area contributed by atoms with Crippen molar-refractivity contribution in [3.8, 4) is 5.75 Å². The van der Waals surface area contributed by atoms with Crippen molar-refractivity contribution in [2.75, 3.05) is 0 Å². The number of rotatable bonds is 7. The minimum Gasteiger partial charge on any atom is -0.491 e. The predicted molar refractivity (Wildman–Crippen MR) is 111 cm³/mol. The first-order valence-electron chi connectivity index (χ1n) is 10.4. The first-order valence-corrected chi connectivity index (χ1v) is 10.4. The van der Waals surface area contributed by atoms with E-state index in [1.165, 1.54) is 0 Å². The van der Waals surface area contributed by atoms with Gasteiger partial charge in [-0.3, -0.25) is 25.2 Å². The molecule has 1 aromatic carbocycles. The summed E-state index contributed by atoms with van der Waals surface area (Å²) in [5.41, 5.74) is 5.25. The Morgan fingerprint density at radius 2 is 1.55 bits per heavy atom. The quantitative estimate of drug-likeness (QED) is 0.610. The number of nitrogens with one attached hydrogen (secondary N) is 3. The van der Waals surface area contributed by atoms with Crippen molar-refractivity contribution in [2.24, 2.45) is 11.8 Å². The molecule has 1 saturated carbocycles. The molecule has 0 heterocycles. The standard InChI is InChI=1S/C22H33N3O4/c1-14(2)19(23-20(26)16-8-6-5-7-9-16)22(28)25-24-21(27)17-10-12-18(13-11-17)29-15(3)4/h10-16,19H,5-9H2,1-4H3,(H,23,26)(H,24,27)(H,25,28)/t19-/m0/s1.